The van der Waals surface area contributed by atoms with E-state index in [2.05, 4.69) is 11.1 Å². The molecule has 0 aromatic carbocycles. The number of amides is 1. The Hall–Kier alpha value is -1.89. The van der Waals surface area contributed by atoms with Crippen molar-refractivity contribution in [3.8, 4) is 6.07 Å². The van der Waals surface area contributed by atoms with Gasteiger partial charge in [-0.05, 0) is 18.1 Å². The molecule has 1 heterocycles. The molecule has 4 heteroatoms. The SMILES string of the molecule is CCCC(=O)N(CCC#N)Cc1cccnc1. The molecule has 0 radical (unpaired) electrons. The second kappa shape index (κ2) is 7.39. The lowest BCUT2D eigenvalue weighted by atomic mass is 10.2. The summed E-state index contributed by atoms with van der Waals surface area (Å²) in [7, 11) is 0. The number of hydrogen-bond donors (Lipinski definition) is 0. The van der Waals surface area contributed by atoms with E-state index in [0.29, 0.717) is 25.9 Å². The Bertz CT molecular complexity index is 383. The predicted octanol–water partition coefficient (Wildman–Crippen LogP) is 2.12. The number of pyridine rings is 1. The third-order valence-corrected chi connectivity index (χ3v) is 2.41. The molecule has 0 N–H and O–H groups in total. The molecule has 0 bridgehead atoms. The molecule has 0 atom stereocenters. The minimum atomic E-state index is 0.103. The van der Waals surface area contributed by atoms with Crippen molar-refractivity contribution in [1.82, 2.24) is 9.88 Å². The Labute approximate surface area is 102 Å². The van der Waals surface area contributed by atoms with Crippen LogP contribution >= 0.6 is 0 Å². The molecule has 0 aliphatic rings. The van der Waals surface area contributed by atoms with Crippen LogP contribution in [0.15, 0.2) is 24.5 Å². The quantitative estimate of drug-likeness (QED) is 0.753. The zero-order valence-electron chi connectivity index (χ0n) is 10.1. The highest BCUT2D eigenvalue weighted by atomic mass is 16.2. The molecule has 0 spiro atoms. The third-order valence-electron chi connectivity index (χ3n) is 2.41. The molecule has 1 rings (SSSR count). The van der Waals surface area contributed by atoms with Gasteiger partial charge < -0.3 is 4.90 Å². The summed E-state index contributed by atoms with van der Waals surface area (Å²) < 4.78 is 0. The number of nitrogens with zero attached hydrogens (tertiary/aromatic N) is 3. The average molecular weight is 231 g/mol. The first-order chi connectivity index (χ1) is 8.27. The number of rotatable bonds is 6. The number of aromatic nitrogens is 1. The van der Waals surface area contributed by atoms with Gasteiger partial charge in [-0.3, -0.25) is 9.78 Å². The van der Waals surface area contributed by atoms with E-state index in [9.17, 15) is 4.79 Å². The number of carbonyl (C=O) groups excluding carboxylic acids is 1. The van der Waals surface area contributed by atoms with E-state index >= 15 is 0 Å². The molecular weight excluding hydrogens is 214 g/mol. The molecule has 1 aromatic heterocycles. The number of nitriles is 1. The van der Waals surface area contributed by atoms with Gasteiger partial charge >= 0.3 is 0 Å². The molecule has 0 saturated heterocycles. The molecule has 0 unspecified atom stereocenters. The van der Waals surface area contributed by atoms with Crippen LogP contribution in [0.25, 0.3) is 0 Å². The van der Waals surface area contributed by atoms with Crippen molar-refractivity contribution in [2.45, 2.75) is 32.7 Å². The predicted molar refractivity (Wildman–Crippen MR) is 64.8 cm³/mol. The summed E-state index contributed by atoms with van der Waals surface area (Å²) in [5, 5.41) is 8.59. The maximum absolute atomic E-state index is 11.8. The van der Waals surface area contributed by atoms with E-state index in [1.807, 2.05) is 19.1 Å². The van der Waals surface area contributed by atoms with Crippen LogP contribution in [0.1, 0.15) is 31.7 Å². The van der Waals surface area contributed by atoms with Crippen molar-refractivity contribution in [2.75, 3.05) is 6.54 Å². The van der Waals surface area contributed by atoms with Gasteiger partial charge in [-0.15, -0.1) is 0 Å². The zero-order chi connectivity index (χ0) is 12.5. The molecule has 1 amide bonds. The monoisotopic (exact) mass is 231 g/mol. The molecule has 90 valence electrons. The molecule has 17 heavy (non-hydrogen) atoms. The molecule has 0 saturated carbocycles. The van der Waals surface area contributed by atoms with E-state index in [1.165, 1.54) is 0 Å². The smallest absolute Gasteiger partial charge is 0.222 e. The maximum Gasteiger partial charge on any atom is 0.222 e. The van der Waals surface area contributed by atoms with Gasteiger partial charge in [0.05, 0.1) is 12.5 Å². The van der Waals surface area contributed by atoms with Crippen LogP contribution in [0, 0.1) is 11.3 Å². The van der Waals surface area contributed by atoms with Crippen LogP contribution in [0.2, 0.25) is 0 Å². The van der Waals surface area contributed by atoms with Crippen molar-refractivity contribution in [3.05, 3.63) is 30.1 Å². The first kappa shape index (κ1) is 13.2. The van der Waals surface area contributed by atoms with Gasteiger partial charge in [-0.25, -0.2) is 0 Å². The normalized spacial score (nSPS) is 9.65. The summed E-state index contributed by atoms with van der Waals surface area (Å²) in [4.78, 5) is 17.6. The van der Waals surface area contributed by atoms with Gasteiger partial charge in [0.25, 0.3) is 0 Å². The minimum absolute atomic E-state index is 0.103. The van der Waals surface area contributed by atoms with E-state index in [0.717, 1.165) is 12.0 Å². The fraction of sp³-hybridized carbons (Fsp3) is 0.462. The highest BCUT2D eigenvalue weighted by Gasteiger charge is 2.12. The van der Waals surface area contributed by atoms with Gasteiger partial charge in [-0.1, -0.05) is 13.0 Å². The van der Waals surface area contributed by atoms with Gasteiger partial charge in [-0.2, -0.15) is 5.26 Å². The van der Waals surface area contributed by atoms with E-state index in [-0.39, 0.29) is 5.91 Å². The molecule has 0 aliphatic heterocycles. The number of carbonyl (C=O) groups is 1. The summed E-state index contributed by atoms with van der Waals surface area (Å²) >= 11 is 0. The van der Waals surface area contributed by atoms with Gasteiger partial charge in [0.1, 0.15) is 0 Å². The molecule has 1 aromatic rings. The largest absolute Gasteiger partial charge is 0.337 e. The molecule has 0 fully saturated rings. The standard InChI is InChI=1S/C13H17N3O/c1-2-5-13(17)16(9-4-7-14)11-12-6-3-8-15-10-12/h3,6,8,10H,2,4-5,9,11H2,1H3. The van der Waals surface area contributed by atoms with Crippen molar-refractivity contribution >= 4 is 5.91 Å². The summed E-state index contributed by atoms with van der Waals surface area (Å²) in [6.07, 6.45) is 5.19. The van der Waals surface area contributed by atoms with Crippen LogP contribution in [0.4, 0.5) is 0 Å². The molecular formula is C13H17N3O. The second-order valence-electron chi connectivity index (χ2n) is 3.83. The van der Waals surface area contributed by atoms with Gasteiger partial charge in [0.2, 0.25) is 5.91 Å². The Morgan fingerprint density at radius 3 is 3.00 bits per heavy atom. The summed E-state index contributed by atoms with van der Waals surface area (Å²) in [6, 6.07) is 5.86. The Morgan fingerprint density at radius 2 is 2.41 bits per heavy atom. The highest BCUT2D eigenvalue weighted by Crippen LogP contribution is 2.06. The Balaban J connectivity index is 2.63. The van der Waals surface area contributed by atoms with E-state index in [1.54, 1.807) is 17.3 Å². The van der Waals surface area contributed by atoms with Gasteiger partial charge in [0.15, 0.2) is 0 Å². The first-order valence-corrected chi connectivity index (χ1v) is 5.81. The molecule has 0 aliphatic carbocycles. The lowest BCUT2D eigenvalue weighted by Gasteiger charge is -2.21. The second-order valence-corrected chi connectivity index (χ2v) is 3.83. The van der Waals surface area contributed by atoms with Crippen LogP contribution in [0.5, 0.6) is 0 Å². The summed E-state index contributed by atoms with van der Waals surface area (Å²) in [5.74, 6) is 0.103. The van der Waals surface area contributed by atoms with Gasteiger partial charge in [0, 0.05) is 31.9 Å². The van der Waals surface area contributed by atoms with Crippen molar-refractivity contribution < 1.29 is 4.79 Å². The highest BCUT2D eigenvalue weighted by molar-refractivity contribution is 5.76. The first-order valence-electron chi connectivity index (χ1n) is 5.81. The van der Waals surface area contributed by atoms with E-state index < -0.39 is 0 Å². The Morgan fingerprint density at radius 1 is 1.59 bits per heavy atom. The van der Waals surface area contributed by atoms with Crippen LogP contribution in [0.3, 0.4) is 0 Å². The average Bonchev–Trinajstić information content (AvgIpc) is 2.36. The molecule has 4 nitrogen and oxygen atoms in total. The zero-order valence-corrected chi connectivity index (χ0v) is 10.1. The van der Waals surface area contributed by atoms with Crippen molar-refractivity contribution in [2.24, 2.45) is 0 Å². The summed E-state index contributed by atoms with van der Waals surface area (Å²) in [6.45, 7) is 3.00. The lowest BCUT2D eigenvalue weighted by Crippen LogP contribution is -2.31. The topological polar surface area (TPSA) is 57.0 Å². The van der Waals surface area contributed by atoms with Crippen LogP contribution in [-0.2, 0) is 11.3 Å². The van der Waals surface area contributed by atoms with Crippen LogP contribution < -0.4 is 0 Å². The van der Waals surface area contributed by atoms with Crippen molar-refractivity contribution in [3.63, 3.8) is 0 Å². The van der Waals surface area contributed by atoms with Crippen LogP contribution in [-0.4, -0.2) is 22.3 Å². The maximum atomic E-state index is 11.8. The third kappa shape index (κ3) is 4.64. The fourth-order valence-electron chi connectivity index (χ4n) is 1.56. The minimum Gasteiger partial charge on any atom is -0.337 e. The Kier molecular flexibility index (Phi) is 5.73. The lowest BCUT2D eigenvalue weighted by molar-refractivity contribution is -0.131. The van der Waals surface area contributed by atoms with Crippen molar-refractivity contribution in [1.29, 1.82) is 5.26 Å². The van der Waals surface area contributed by atoms with E-state index in [4.69, 9.17) is 5.26 Å². The summed E-state index contributed by atoms with van der Waals surface area (Å²) in [5.41, 5.74) is 0.995. The fourth-order valence-corrected chi connectivity index (χ4v) is 1.56. The number of hydrogen-bond acceptors (Lipinski definition) is 3.